The summed E-state index contributed by atoms with van der Waals surface area (Å²) in [4.78, 5) is 2.22. The predicted octanol–water partition coefficient (Wildman–Crippen LogP) is 3.38. The lowest BCUT2D eigenvalue weighted by Crippen LogP contribution is -2.45. The van der Waals surface area contributed by atoms with Gasteiger partial charge in [-0.25, -0.2) is 9.91 Å². The van der Waals surface area contributed by atoms with E-state index in [1.807, 2.05) is 12.1 Å². The first kappa shape index (κ1) is 16.3. The molecule has 5 nitrogen and oxygen atoms in total. The van der Waals surface area contributed by atoms with Crippen LogP contribution in [-0.2, 0) is 9.47 Å². The van der Waals surface area contributed by atoms with Gasteiger partial charge in [-0.05, 0) is 24.6 Å². The molecule has 3 rings (SSSR count). The number of hydrazine groups is 1. The zero-order valence-corrected chi connectivity index (χ0v) is 14.3. The Morgan fingerprint density at radius 2 is 1.91 bits per heavy atom. The van der Waals surface area contributed by atoms with Crippen molar-refractivity contribution in [3.05, 3.63) is 28.2 Å². The molecular weight excluding hydrogens is 325 g/mol. The molecule has 0 aromatic heterocycles. The molecule has 2 aliphatic rings. The van der Waals surface area contributed by atoms with Crippen LogP contribution in [0.2, 0.25) is 10.0 Å². The van der Waals surface area contributed by atoms with E-state index in [1.54, 1.807) is 6.07 Å². The normalized spacial score (nSPS) is 24.5. The number of benzene rings is 1. The fourth-order valence-corrected chi connectivity index (χ4v) is 3.64. The van der Waals surface area contributed by atoms with Crippen LogP contribution in [0.1, 0.15) is 20.3 Å². The third-order valence-electron chi connectivity index (χ3n) is 4.09. The highest BCUT2D eigenvalue weighted by atomic mass is 35.5. The molecule has 2 fully saturated rings. The smallest absolute Gasteiger partial charge is 0.221 e. The van der Waals surface area contributed by atoms with Crippen LogP contribution >= 0.6 is 23.2 Å². The highest BCUT2D eigenvalue weighted by Crippen LogP contribution is 2.35. The van der Waals surface area contributed by atoms with Crippen molar-refractivity contribution < 1.29 is 9.47 Å². The Morgan fingerprint density at radius 3 is 2.50 bits per heavy atom. The van der Waals surface area contributed by atoms with E-state index >= 15 is 0 Å². The van der Waals surface area contributed by atoms with E-state index in [-0.39, 0.29) is 12.6 Å². The van der Waals surface area contributed by atoms with E-state index in [0.717, 1.165) is 18.7 Å². The molecule has 0 spiro atoms. The van der Waals surface area contributed by atoms with Crippen molar-refractivity contribution >= 4 is 28.9 Å². The van der Waals surface area contributed by atoms with Gasteiger partial charge in [0.25, 0.3) is 0 Å². The van der Waals surface area contributed by atoms with Crippen LogP contribution in [0.3, 0.4) is 0 Å². The SMILES string of the molecule is CCC1N(C2OCCO2)CN(c2ccc(Cl)cc2Cl)N1CC. The van der Waals surface area contributed by atoms with Crippen molar-refractivity contribution in [3.8, 4) is 0 Å². The molecule has 1 aromatic rings. The fourth-order valence-electron chi connectivity index (χ4n) is 3.14. The van der Waals surface area contributed by atoms with Crippen LogP contribution in [-0.4, -0.2) is 48.9 Å². The van der Waals surface area contributed by atoms with Crippen molar-refractivity contribution in [1.82, 2.24) is 9.91 Å². The van der Waals surface area contributed by atoms with Crippen LogP contribution in [0.4, 0.5) is 5.69 Å². The number of hydrogen-bond donors (Lipinski definition) is 0. The van der Waals surface area contributed by atoms with Gasteiger partial charge in [0.1, 0.15) is 0 Å². The molecule has 2 aliphatic heterocycles. The summed E-state index contributed by atoms with van der Waals surface area (Å²) in [6, 6.07) is 5.60. The van der Waals surface area contributed by atoms with E-state index in [1.165, 1.54) is 0 Å². The van der Waals surface area contributed by atoms with E-state index in [0.29, 0.717) is 29.9 Å². The fraction of sp³-hybridized carbons (Fsp3) is 0.600. The average Bonchev–Trinajstić information content (AvgIpc) is 3.13. The number of halogens is 2. The molecule has 0 amide bonds. The summed E-state index contributed by atoms with van der Waals surface area (Å²) in [5, 5.41) is 5.76. The van der Waals surface area contributed by atoms with Gasteiger partial charge in [0.15, 0.2) is 0 Å². The van der Waals surface area contributed by atoms with Crippen LogP contribution in [0.5, 0.6) is 0 Å². The molecule has 2 saturated heterocycles. The van der Waals surface area contributed by atoms with Crippen molar-refractivity contribution in [2.45, 2.75) is 32.8 Å². The van der Waals surface area contributed by atoms with E-state index < -0.39 is 0 Å². The molecule has 122 valence electrons. The molecule has 0 bridgehead atoms. The van der Waals surface area contributed by atoms with Crippen molar-refractivity contribution in [1.29, 1.82) is 0 Å². The second-order valence-corrected chi connectivity index (χ2v) is 6.19. The lowest BCUT2D eigenvalue weighted by atomic mass is 10.3. The average molecular weight is 346 g/mol. The molecular formula is C15H21Cl2N3O2. The Kier molecular flexibility index (Phi) is 5.12. The standard InChI is InChI=1S/C15H21Cl2N3O2/c1-3-14-18(15-21-7-8-22-15)10-20(19(14)4-2)13-6-5-11(16)9-12(13)17/h5-6,9,14-15H,3-4,7-8,10H2,1-2H3. The Balaban J connectivity index is 1.89. The summed E-state index contributed by atoms with van der Waals surface area (Å²) < 4.78 is 11.4. The van der Waals surface area contributed by atoms with Crippen molar-refractivity contribution in [2.75, 3.05) is 31.4 Å². The van der Waals surface area contributed by atoms with Crippen molar-refractivity contribution in [2.24, 2.45) is 0 Å². The van der Waals surface area contributed by atoms with E-state index in [2.05, 4.69) is 28.8 Å². The maximum Gasteiger partial charge on any atom is 0.221 e. The van der Waals surface area contributed by atoms with Crippen molar-refractivity contribution in [3.63, 3.8) is 0 Å². The van der Waals surface area contributed by atoms with Gasteiger partial charge in [0.2, 0.25) is 6.41 Å². The second-order valence-electron chi connectivity index (χ2n) is 5.34. The van der Waals surface area contributed by atoms with Crippen LogP contribution in [0.25, 0.3) is 0 Å². The summed E-state index contributed by atoms with van der Waals surface area (Å²) in [6.45, 7) is 7.15. The maximum absolute atomic E-state index is 6.40. The van der Waals surface area contributed by atoms with Gasteiger partial charge in [-0.15, -0.1) is 0 Å². The first-order valence-electron chi connectivity index (χ1n) is 7.63. The first-order valence-corrected chi connectivity index (χ1v) is 8.39. The number of nitrogens with zero attached hydrogens (tertiary/aromatic N) is 3. The maximum atomic E-state index is 6.40. The van der Waals surface area contributed by atoms with Gasteiger partial charge >= 0.3 is 0 Å². The number of rotatable bonds is 4. The highest BCUT2D eigenvalue weighted by Gasteiger charge is 2.42. The monoisotopic (exact) mass is 345 g/mol. The lowest BCUT2D eigenvalue weighted by Gasteiger charge is -2.32. The summed E-state index contributed by atoms with van der Waals surface area (Å²) in [6.07, 6.45) is 0.911. The third kappa shape index (κ3) is 2.94. The topological polar surface area (TPSA) is 28.2 Å². The van der Waals surface area contributed by atoms with Gasteiger partial charge in [0, 0.05) is 11.6 Å². The van der Waals surface area contributed by atoms with E-state index in [9.17, 15) is 0 Å². The predicted molar refractivity (Wildman–Crippen MR) is 87.8 cm³/mol. The third-order valence-corrected chi connectivity index (χ3v) is 4.62. The molecule has 1 atom stereocenters. The summed E-state index contributed by atoms with van der Waals surface area (Å²) >= 11 is 12.4. The molecule has 7 heteroatoms. The molecule has 22 heavy (non-hydrogen) atoms. The van der Waals surface area contributed by atoms with Gasteiger partial charge in [0.05, 0.1) is 36.8 Å². The van der Waals surface area contributed by atoms with Gasteiger partial charge in [-0.3, -0.25) is 5.01 Å². The lowest BCUT2D eigenvalue weighted by molar-refractivity contribution is -0.166. The minimum absolute atomic E-state index is 0.222. The molecule has 0 aliphatic carbocycles. The Morgan fingerprint density at radius 1 is 1.18 bits per heavy atom. The second kappa shape index (κ2) is 6.91. The quantitative estimate of drug-likeness (QED) is 0.834. The number of hydrogen-bond acceptors (Lipinski definition) is 5. The largest absolute Gasteiger partial charge is 0.337 e. The van der Waals surface area contributed by atoms with Gasteiger partial charge in [-0.2, -0.15) is 0 Å². The van der Waals surface area contributed by atoms with Gasteiger partial charge < -0.3 is 9.47 Å². The van der Waals surface area contributed by atoms with Crippen LogP contribution < -0.4 is 5.01 Å². The highest BCUT2D eigenvalue weighted by molar-refractivity contribution is 6.36. The van der Waals surface area contributed by atoms with Crippen LogP contribution in [0.15, 0.2) is 18.2 Å². The zero-order valence-electron chi connectivity index (χ0n) is 12.8. The molecule has 0 saturated carbocycles. The van der Waals surface area contributed by atoms with Crippen LogP contribution in [0, 0.1) is 0 Å². The number of ether oxygens (including phenoxy) is 2. The summed E-state index contributed by atoms with van der Waals surface area (Å²) in [7, 11) is 0. The summed E-state index contributed by atoms with van der Waals surface area (Å²) in [5.74, 6) is 0. The molecule has 0 N–H and O–H groups in total. The zero-order chi connectivity index (χ0) is 15.7. The van der Waals surface area contributed by atoms with E-state index in [4.69, 9.17) is 32.7 Å². The Hall–Kier alpha value is -0.560. The minimum Gasteiger partial charge on any atom is -0.337 e. The molecule has 1 unspecified atom stereocenters. The minimum atomic E-state index is -0.282. The first-order chi connectivity index (χ1) is 10.7. The number of anilines is 1. The Bertz CT molecular complexity index is 526. The molecule has 1 aromatic carbocycles. The molecule has 2 heterocycles. The summed E-state index contributed by atoms with van der Waals surface area (Å²) in [5.41, 5.74) is 0.951. The van der Waals surface area contributed by atoms with Gasteiger partial charge in [-0.1, -0.05) is 37.0 Å². The molecule has 0 radical (unpaired) electrons. The Labute approximate surface area is 141 Å².